The van der Waals surface area contributed by atoms with Crippen molar-refractivity contribution in [3.05, 3.63) is 65.2 Å². The fourth-order valence-electron chi connectivity index (χ4n) is 3.08. The Bertz CT molecular complexity index is 755. The van der Waals surface area contributed by atoms with Gasteiger partial charge in [-0.05, 0) is 30.5 Å². The van der Waals surface area contributed by atoms with Gasteiger partial charge < -0.3 is 10.2 Å². The number of nitrogens with one attached hydrogen (secondary N) is 1. The van der Waals surface area contributed by atoms with Gasteiger partial charge in [0.2, 0.25) is 11.8 Å². The molecule has 2 amide bonds. The molecular weight excluding hydrogens is 300 g/mol. The van der Waals surface area contributed by atoms with Crippen LogP contribution in [0.1, 0.15) is 23.1 Å². The van der Waals surface area contributed by atoms with E-state index in [1.54, 1.807) is 4.90 Å². The van der Waals surface area contributed by atoms with Crippen molar-refractivity contribution in [2.24, 2.45) is 0 Å². The van der Waals surface area contributed by atoms with Gasteiger partial charge in [0, 0.05) is 25.2 Å². The minimum absolute atomic E-state index is 0.0245. The fraction of sp³-hybridized carbons (Fsp3) is 0.300. The second kappa shape index (κ2) is 7.30. The predicted molar refractivity (Wildman–Crippen MR) is 95.0 cm³/mol. The number of carbonyl (C=O) groups excluding carboxylic acids is 2. The van der Waals surface area contributed by atoms with Gasteiger partial charge in [0.05, 0.1) is 6.42 Å². The Balaban J connectivity index is 1.45. The first-order valence-electron chi connectivity index (χ1n) is 8.34. The summed E-state index contributed by atoms with van der Waals surface area (Å²) >= 11 is 0. The molecule has 124 valence electrons. The number of hydrogen-bond acceptors (Lipinski definition) is 2. The molecule has 1 aliphatic heterocycles. The minimum atomic E-state index is 0.0245. The summed E-state index contributed by atoms with van der Waals surface area (Å²) < 4.78 is 0. The molecule has 1 aliphatic rings. The summed E-state index contributed by atoms with van der Waals surface area (Å²) in [5, 5.41) is 2.91. The Morgan fingerprint density at radius 1 is 1.17 bits per heavy atom. The zero-order chi connectivity index (χ0) is 16.9. The molecule has 0 bridgehead atoms. The summed E-state index contributed by atoms with van der Waals surface area (Å²) in [5.74, 6) is 0.127. The Labute approximate surface area is 142 Å². The maximum absolute atomic E-state index is 12.1. The lowest BCUT2D eigenvalue weighted by atomic mass is 10.1. The third-order valence-electron chi connectivity index (χ3n) is 4.31. The molecule has 4 nitrogen and oxygen atoms in total. The van der Waals surface area contributed by atoms with Gasteiger partial charge in [0.15, 0.2) is 0 Å². The van der Waals surface area contributed by atoms with Crippen molar-refractivity contribution in [3.63, 3.8) is 0 Å². The van der Waals surface area contributed by atoms with Gasteiger partial charge in [-0.2, -0.15) is 0 Å². The van der Waals surface area contributed by atoms with Crippen LogP contribution in [0.3, 0.4) is 0 Å². The lowest BCUT2D eigenvalue weighted by molar-refractivity contribution is -0.121. The average Bonchev–Trinajstić information content (AvgIpc) is 2.89. The number of aryl methyl sites for hydroxylation is 2. The van der Waals surface area contributed by atoms with E-state index in [4.69, 9.17) is 0 Å². The quantitative estimate of drug-likeness (QED) is 0.889. The van der Waals surface area contributed by atoms with E-state index in [1.165, 1.54) is 11.1 Å². The van der Waals surface area contributed by atoms with Gasteiger partial charge in [0.1, 0.15) is 0 Å². The van der Waals surface area contributed by atoms with E-state index < -0.39 is 0 Å². The molecule has 0 unspecified atom stereocenters. The summed E-state index contributed by atoms with van der Waals surface area (Å²) in [4.78, 5) is 25.8. The van der Waals surface area contributed by atoms with Gasteiger partial charge >= 0.3 is 0 Å². The SMILES string of the molecule is Cc1cccc(CCC(=O)NCCN2C(=O)Cc3ccccc32)c1. The first kappa shape index (κ1) is 16.2. The number of para-hydroxylation sites is 1. The van der Waals surface area contributed by atoms with Crippen LogP contribution in [0, 0.1) is 6.92 Å². The lowest BCUT2D eigenvalue weighted by Gasteiger charge is -2.17. The van der Waals surface area contributed by atoms with Crippen molar-refractivity contribution in [2.75, 3.05) is 18.0 Å². The van der Waals surface area contributed by atoms with E-state index in [1.807, 2.05) is 36.4 Å². The molecule has 0 fully saturated rings. The van der Waals surface area contributed by atoms with Crippen LogP contribution in [0.4, 0.5) is 5.69 Å². The third-order valence-corrected chi connectivity index (χ3v) is 4.31. The molecule has 1 N–H and O–H groups in total. The average molecular weight is 322 g/mol. The number of fused-ring (bicyclic) bond motifs is 1. The van der Waals surface area contributed by atoms with E-state index in [9.17, 15) is 9.59 Å². The van der Waals surface area contributed by atoms with Gasteiger partial charge in [-0.15, -0.1) is 0 Å². The molecule has 0 saturated heterocycles. The number of rotatable bonds is 6. The smallest absolute Gasteiger partial charge is 0.231 e. The van der Waals surface area contributed by atoms with Crippen LogP contribution in [0.25, 0.3) is 0 Å². The monoisotopic (exact) mass is 322 g/mol. The first-order valence-corrected chi connectivity index (χ1v) is 8.34. The lowest BCUT2D eigenvalue weighted by Crippen LogP contribution is -2.36. The Kier molecular flexibility index (Phi) is 4.94. The van der Waals surface area contributed by atoms with Crippen molar-refractivity contribution in [1.29, 1.82) is 0 Å². The standard InChI is InChI=1S/C20H22N2O2/c1-15-5-4-6-16(13-15)9-10-19(23)21-11-12-22-18-8-3-2-7-17(18)14-20(22)24/h2-8,13H,9-12,14H2,1H3,(H,21,23). The first-order chi connectivity index (χ1) is 11.6. The predicted octanol–water partition coefficient (Wildman–Crippen LogP) is 2.63. The summed E-state index contributed by atoms with van der Waals surface area (Å²) in [6.07, 6.45) is 1.66. The highest BCUT2D eigenvalue weighted by atomic mass is 16.2. The number of hydrogen-bond donors (Lipinski definition) is 1. The molecule has 0 saturated carbocycles. The van der Waals surface area contributed by atoms with Gasteiger partial charge in [-0.1, -0.05) is 48.0 Å². The van der Waals surface area contributed by atoms with Crippen LogP contribution in [0.5, 0.6) is 0 Å². The maximum Gasteiger partial charge on any atom is 0.231 e. The number of carbonyl (C=O) groups is 2. The number of amides is 2. The zero-order valence-electron chi connectivity index (χ0n) is 13.9. The van der Waals surface area contributed by atoms with Crippen molar-refractivity contribution in [1.82, 2.24) is 5.32 Å². The molecule has 4 heteroatoms. The molecule has 0 aliphatic carbocycles. The van der Waals surface area contributed by atoms with Crippen LogP contribution in [0.2, 0.25) is 0 Å². The summed E-state index contributed by atoms with van der Waals surface area (Å²) in [5.41, 5.74) is 4.41. The number of nitrogens with zero attached hydrogens (tertiary/aromatic N) is 1. The number of anilines is 1. The molecule has 0 atom stereocenters. The summed E-state index contributed by atoms with van der Waals surface area (Å²) in [7, 11) is 0. The van der Waals surface area contributed by atoms with E-state index in [-0.39, 0.29) is 11.8 Å². The highest BCUT2D eigenvalue weighted by Crippen LogP contribution is 2.27. The highest BCUT2D eigenvalue weighted by Gasteiger charge is 2.26. The largest absolute Gasteiger partial charge is 0.354 e. The highest BCUT2D eigenvalue weighted by molar-refractivity contribution is 6.01. The number of benzene rings is 2. The summed E-state index contributed by atoms with van der Waals surface area (Å²) in [6.45, 7) is 3.05. The molecule has 24 heavy (non-hydrogen) atoms. The second-order valence-electron chi connectivity index (χ2n) is 6.19. The maximum atomic E-state index is 12.1. The fourth-order valence-corrected chi connectivity index (χ4v) is 3.08. The third kappa shape index (κ3) is 3.82. The van der Waals surface area contributed by atoms with Gasteiger partial charge in [0.25, 0.3) is 0 Å². The molecule has 3 rings (SSSR count). The van der Waals surface area contributed by atoms with Crippen molar-refractivity contribution < 1.29 is 9.59 Å². The Hall–Kier alpha value is -2.62. The van der Waals surface area contributed by atoms with E-state index >= 15 is 0 Å². The summed E-state index contributed by atoms with van der Waals surface area (Å²) in [6, 6.07) is 16.0. The Morgan fingerprint density at radius 3 is 2.83 bits per heavy atom. The molecular formula is C20H22N2O2. The topological polar surface area (TPSA) is 49.4 Å². The van der Waals surface area contributed by atoms with Crippen LogP contribution >= 0.6 is 0 Å². The molecule has 1 heterocycles. The van der Waals surface area contributed by atoms with E-state index in [0.29, 0.717) is 25.9 Å². The molecule has 0 radical (unpaired) electrons. The molecule has 2 aromatic rings. The molecule has 2 aromatic carbocycles. The normalized spacial score (nSPS) is 13.0. The van der Waals surface area contributed by atoms with Crippen LogP contribution in [0.15, 0.2) is 48.5 Å². The van der Waals surface area contributed by atoms with Crippen LogP contribution in [-0.2, 0) is 22.4 Å². The molecule has 0 aromatic heterocycles. The minimum Gasteiger partial charge on any atom is -0.354 e. The van der Waals surface area contributed by atoms with Crippen molar-refractivity contribution >= 4 is 17.5 Å². The Morgan fingerprint density at radius 2 is 2.00 bits per heavy atom. The van der Waals surface area contributed by atoms with Crippen molar-refractivity contribution in [3.8, 4) is 0 Å². The van der Waals surface area contributed by atoms with Crippen molar-refractivity contribution in [2.45, 2.75) is 26.2 Å². The van der Waals surface area contributed by atoms with E-state index in [0.717, 1.165) is 17.7 Å². The van der Waals surface area contributed by atoms with Crippen LogP contribution < -0.4 is 10.2 Å². The van der Waals surface area contributed by atoms with Gasteiger partial charge in [-0.3, -0.25) is 9.59 Å². The van der Waals surface area contributed by atoms with Gasteiger partial charge in [-0.25, -0.2) is 0 Å². The second-order valence-corrected chi connectivity index (χ2v) is 6.19. The van der Waals surface area contributed by atoms with E-state index in [2.05, 4.69) is 24.4 Å². The zero-order valence-corrected chi connectivity index (χ0v) is 13.9. The molecule has 0 spiro atoms. The van der Waals surface area contributed by atoms with Crippen LogP contribution in [-0.4, -0.2) is 24.9 Å².